The van der Waals surface area contributed by atoms with Crippen molar-refractivity contribution < 1.29 is 31.1 Å². The summed E-state index contributed by atoms with van der Waals surface area (Å²) in [6.07, 6.45) is -2.76. The molecule has 0 saturated carbocycles. The summed E-state index contributed by atoms with van der Waals surface area (Å²) in [6.45, 7) is 6.43. The number of amides is 1. The number of alkyl halides is 3. The molecule has 2 atom stereocenters. The smallest absolute Gasteiger partial charge is 0.362 e. The van der Waals surface area contributed by atoms with Crippen molar-refractivity contribution in [1.82, 2.24) is 14.5 Å². The van der Waals surface area contributed by atoms with Crippen molar-refractivity contribution in [2.45, 2.75) is 82.3 Å². The molecule has 1 aromatic carbocycles. The highest BCUT2D eigenvalue weighted by Crippen LogP contribution is 2.37. The highest BCUT2D eigenvalue weighted by Gasteiger charge is 2.43. The summed E-state index contributed by atoms with van der Waals surface area (Å²) in [5.41, 5.74) is -1.28. The first-order valence-electron chi connectivity index (χ1n) is 12.2. The first-order valence-corrected chi connectivity index (χ1v) is 13.6. The van der Waals surface area contributed by atoms with Crippen molar-refractivity contribution >= 4 is 15.9 Å². The fourth-order valence-electron chi connectivity index (χ4n) is 5.04. The zero-order valence-corrected chi connectivity index (χ0v) is 21.6. The van der Waals surface area contributed by atoms with Crippen LogP contribution >= 0.6 is 0 Å². The fourth-order valence-corrected chi connectivity index (χ4v) is 7.09. The minimum atomic E-state index is -4.66. The molecule has 198 valence electrons. The van der Waals surface area contributed by atoms with Gasteiger partial charge in [-0.15, -0.1) is 0 Å². The van der Waals surface area contributed by atoms with Crippen molar-refractivity contribution in [3.05, 3.63) is 29.3 Å². The van der Waals surface area contributed by atoms with Gasteiger partial charge in [0, 0.05) is 25.7 Å². The number of ether oxygens (including phenoxy) is 1. The maximum absolute atomic E-state index is 13.8. The van der Waals surface area contributed by atoms with Gasteiger partial charge in [0.15, 0.2) is 0 Å². The molecule has 35 heavy (non-hydrogen) atoms. The van der Waals surface area contributed by atoms with E-state index in [4.69, 9.17) is 4.74 Å². The standard InChI is InChI=1S/C24H36F3N3O4S/c1-16(2)15-20(28-4)23(31)29-12-10-18(11-13-29)30(22-9-6-14-34-22)35(32,33)21-8-5-7-19(17(21)3)24(25,26)27/h5,7-8,16,18,20,22,28H,6,9-15H2,1-4H3/t20?,22-/m0/s1. The topological polar surface area (TPSA) is 79.0 Å². The zero-order chi connectivity index (χ0) is 26.0. The number of nitrogens with zero attached hydrogens (tertiary/aromatic N) is 2. The highest BCUT2D eigenvalue weighted by molar-refractivity contribution is 7.89. The number of carbonyl (C=O) groups is 1. The van der Waals surface area contributed by atoms with Gasteiger partial charge >= 0.3 is 6.18 Å². The van der Waals surface area contributed by atoms with Gasteiger partial charge in [-0.3, -0.25) is 4.79 Å². The number of nitrogens with one attached hydrogen (secondary N) is 1. The van der Waals surface area contributed by atoms with Crippen LogP contribution in [0.25, 0.3) is 0 Å². The van der Waals surface area contributed by atoms with Gasteiger partial charge in [0.2, 0.25) is 15.9 Å². The van der Waals surface area contributed by atoms with E-state index in [0.717, 1.165) is 12.1 Å². The lowest BCUT2D eigenvalue weighted by molar-refractivity contribution is -0.138. The number of rotatable bonds is 8. The molecule has 0 spiro atoms. The summed E-state index contributed by atoms with van der Waals surface area (Å²) < 4.78 is 75.1. The number of hydrogen-bond acceptors (Lipinski definition) is 5. The summed E-state index contributed by atoms with van der Waals surface area (Å²) in [5, 5.41) is 3.07. The molecular formula is C24H36F3N3O4S. The van der Waals surface area contributed by atoms with Crippen molar-refractivity contribution in [2.24, 2.45) is 5.92 Å². The van der Waals surface area contributed by atoms with E-state index < -0.39 is 34.0 Å². The molecular weight excluding hydrogens is 483 g/mol. The van der Waals surface area contributed by atoms with Crippen LogP contribution in [0.1, 0.15) is 57.1 Å². The van der Waals surface area contributed by atoms with E-state index >= 15 is 0 Å². The number of piperidine rings is 1. The predicted octanol–water partition coefficient (Wildman–Crippen LogP) is 3.77. The third-order valence-electron chi connectivity index (χ3n) is 6.82. The van der Waals surface area contributed by atoms with Crippen molar-refractivity contribution in [1.29, 1.82) is 0 Å². The summed E-state index contributed by atoms with van der Waals surface area (Å²) in [4.78, 5) is 14.4. The molecule has 2 saturated heterocycles. The second kappa shape index (κ2) is 11.1. The minimum absolute atomic E-state index is 0.0140. The monoisotopic (exact) mass is 519 g/mol. The van der Waals surface area contributed by atoms with Crippen LogP contribution in [-0.4, -0.2) is 68.6 Å². The molecule has 0 aromatic heterocycles. The quantitative estimate of drug-likeness (QED) is 0.566. The number of benzene rings is 1. The molecule has 2 aliphatic heterocycles. The first kappa shape index (κ1) is 27.9. The van der Waals surface area contributed by atoms with Gasteiger partial charge in [0.25, 0.3) is 0 Å². The molecule has 1 N–H and O–H groups in total. The Bertz CT molecular complexity index is 986. The van der Waals surface area contributed by atoms with Gasteiger partial charge in [-0.05, 0) is 69.7 Å². The molecule has 0 aliphatic carbocycles. The lowest BCUT2D eigenvalue weighted by atomic mass is 10.00. The summed E-state index contributed by atoms with van der Waals surface area (Å²) in [6, 6.07) is 2.47. The summed E-state index contributed by atoms with van der Waals surface area (Å²) >= 11 is 0. The lowest BCUT2D eigenvalue weighted by Gasteiger charge is -2.41. The van der Waals surface area contributed by atoms with Gasteiger partial charge in [-0.1, -0.05) is 19.9 Å². The fraction of sp³-hybridized carbons (Fsp3) is 0.708. The number of halogens is 3. The number of likely N-dealkylation sites (tertiary alicyclic amines) is 1. The SMILES string of the molecule is CNC(CC(C)C)C(=O)N1CCC(N([C@@H]2CCCO2)S(=O)(=O)c2cccc(C(F)(F)F)c2C)CC1. The Kier molecular flexibility index (Phi) is 8.88. The van der Waals surface area contributed by atoms with Crippen molar-refractivity contribution in [2.75, 3.05) is 26.7 Å². The third kappa shape index (κ3) is 6.18. The van der Waals surface area contributed by atoms with Crippen LogP contribution in [0.4, 0.5) is 13.2 Å². The average molecular weight is 520 g/mol. The normalized spacial score (nSPS) is 21.2. The Labute approximate surface area is 206 Å². The third-order valence-corrected chi connectivity index (χ3v) is 8.91. The Morgan fingerprint density at radius 2 is 1.89 bits per heavy atom. The van der Waals surface area contributed by atoms with Gasteiger partial charge < -0.3 is 15.0 Å². The number of likely N-dealkylation sites (N-methyl/N-ethyl adjacent to an activating group) is 1. The van der Waals surface area contributed by atoms with Crippen LogP contribution < -0.4 is 5.32 Å². The first-order chi connectivity index (χ1) is 16.4. The molecule has 3 rings (SSSR count). The summed E-state index contributed by atoms with van der Waals surface area (Å²) in [5.74, 6) is 0.324. The van der Waals surface area contributed by atoms with Crippen LogP contribution in [0.2, 0.25) is 0 Å². The van der Waals surface area contributed by atoms with Crippen LogP contribution in [0, 0.1) is 12.8 Å². The molecule has 11 heteroatoms. The molecule has 2 aliphatic rings. The van der Waals surface area contributed by atoms with Gasteiger partial charge in [-0.2, -0.15) is 17.5 Å². The second-order valence-electron chi connectivity index (χ2n) is 9.76. The van der Waals surface area contributed by atoms with Crippen molar-refractivity contribution in [3.63, 3.8) is 0 Å². The second-order valence-corrected chi connectivity index (χ2v) is 11.6. The molecule has 0 radical (unpaired) electrons. The molecule has 2 fully saturated rings. The Morgan fingerprint density at radius 1 is 1.23 bits per heavy atom. The molecule has 1 amide bonds. The highest BCUT2D eigenvalue weighted by atomic mass is 32.2. The van der Waals surface area contributed by atoms with E-state index in [2.05, 4.69) is 5.32 Å². The van der Waals surface area contributed by atoms with Gasteiger partial charge in [0.1, 0.15) is 6.23 Å². The van der Waals surface area contributed by atoms with Crippen LogP contribution in [0.3, 0.4) is 0 Å². The Morgan fingerprint density at radius 3 is 2.40 bits per heavy atom. The van der Waals surface area contributed by atoms with Gasteiger partial charge in [-0.25, -0.2) is 8.42 Å². The minimum Gasteiger partial charge on any atom is -0.362 e. The molecule has 0 bridgehead atoms. The van der Waals surface area contributed by atoms with E-state index in [9.17, 15) is 26.4 Å². The summed E-state index contributed by atoms with van der Waals surface area (Å²) in [7, 11) is -2.53. The van der Waals surface area contributed by atoms with Crippen LogP contribution in [0.15, 0.2) is 23.1 Å². The largest absolute Gasteiger partial charge is 0.416 e. The Balaban J connectivity index is 1.86. The predicted molar refractivity (Wildman–Crippen MR) is 126 cm³/mol. The van der Waals surface area contributed by atoms with Crippen LogP contribution in [-0.2, 0) is 25.7 Å². The van der Waals surface area contributed by atoms with Crippen LogP contribution in [0.5, 0.6) is 0 Å². The Hall–Kier alpha value is -1.69. The number of carbonyl (C=O) groups excluding carboxylic acids is 1. The molecule has 7 nitrogen and oxygen atoms in total. The van der Waals surface area contributed by atoms with Crippen molar-refractivity contribution in [3.8, 4) is 0 Å². The number of sulfonamides is 1. The van der Waals surface area contributed by atoms with E-state index in [1.54, 1.807) is 11.9 Å². The van der Waals surface area contributed by atoms with E-state index in [1.807, 2.05) is 13.8 Å². The maximum atomic E-state index is 13.8. The number of hydrogen-bond donors (Lipinski definition) is 1. The maximum Gasteiger partial charge on any atom is 0.416 e. The lowest BCUT2D eigenvalue weighted by Crippen LogP contribution is -2.54. The average Bonchev–Trinajstić information content (AvgIpc) is 3.30. The van der Waals surface area contributed by atoms with Gasteiger partial charge in [0.05, 0.1) is 16.5 Å². The molecule has 1 unspecified atom stereocenters. The molecule has 2 heterocycles. The van der Waals surface area contributed by atoms with E-state index in [1.165, 1.54) is 17.3 Å². The van der Waals surface area contributed by atoms with E-state index in [0.29, 0.717) is 57.7 Å². The molecule has 1 aromatic rings. The van der Waals surface area contributed by atoms with E-state index in [-0.39, 0.29) is 22.4 Å². The zero-order valence-electron chi connectivity index (χ0n) is 20.8.